The summed E-state index contributed by atoms with van der Waals surface area (Å²) in [6, 6.07) is -0.233. The van der Waals surface area contributed by atoms with E-state index in [1.54, 1.807) is 19.4 Å². The van der Waals surface area contributed by atoms with Crippen molar-refractivity contribution < 1.29 is 14.7 Å². The van der Waals surface area contributed by atoms with E-state index in [2.05, 4.69) is 10.3 Å². The molecule has 0 spiro atoms. The van der Waals surface area contributed by atoms with Gasteiger partial charge in [-0.1, -0.05) is 0 Å². The van der Waals surface area contributed by atoms with Crippen molar-refractivity contribution in [2.75, 3.05) is 13.6 Å². The number of amides is 2. The van der Waals surface area contributed by atoms with Gasteiger partial charge in [0, 0.05) is 39.5 Å². The summed E-state index contributed by atoms with van der Waals surface area (Å²) in [6.07, 6.45) is 3.98. The minimum absolute atomic E-state index is 0.0665. The number of aromatic nitrogens is 2. The first-order chi connectivity index (χ1) is 8.50. The Kier molecular flexibility index (Phi) is 5.16. The molecule has 2 amide bonds. The van der Waals surface area contributed by atoms with E-state index in [0.29, 0.717) is 19.5 Å². The van der Waals surface area contributed by atoms with Gasteiger partial charge >= 0.3 is 12.0 Å². The van der Waals surface area contributed by atoms with Crippen molar-refractivity contribution in [3.05, 3.63) is 18.2 Å². The topological polar surface area (TPSA) is 87.5 Å². The number of nitrogens with one attached hydrogen (secondary N) is 1. The van der Waals surface area contributed by atoms with Crippen LogP contribution in [0.3, 0.4) is 0 Å². The first-order valence-electron chi connectivity index (χ1n) is 5.67. The van der Waals surface area contributed by atoms with E-state index >= 15 is 0 Å². The van der Waals surface area contributed by atoms with Gasteiger partial charge in [0.05, 0.1) is 6.54 Å². The van der Waals surface area contributed by atoms with E-state index in [1.165, 1.54) is 4.90 Å². The Balaban J connectivity index is 2.27. The molecule has 1 aromatic rings. The number of imidazole rings is 1. The van der Waals surface area contributed by atoms with E-state index in [4.69, 9.17) is 5.11 Å². The Hall–Kier alpha value is -2.05. The van der Waals surface area contributed by atoms with Crippen LogP contribution >= 0.6 is 0 Å². The second-order valence-electron chi connectivity index (χ2n) is 4.03. The number of urea groups is 1. The van der Waals surface area contributed by atoms with Crippen molar-refractivity contribution in [3.63, 3.8) is 0 Å². The van der Waals surface area contributed by atoms with Gasteiger partial charge in [0.1, 0.15) is 5.82 Å². The standard InChI is InChI=1S/C11H18N4O3/c1-14-7-5-12-9(14)8-13-11(18)15(2)6-3-4-10(16)17/h5,7H,3-4,6,8H2,1-2H3,(H,13,18)(H,16,17). The number of carbonyl (C=O) groups is 2. The molecule has 0 aliphatic heterocycles. The molecular weight excluding hydrogens is 236 g/mol. The highest BCUT2D eigenvalue weighted by atomic mass is 16.4. The number of rotatable bonds is 6. The molecule has 18 heavy (non-hydrogen) atoms. The largest absolute Gasteiger partial charge is 0.481 e. The molecule has 7 nitrogen and oxygen atoms in total. The second-order valence-corrected chi connectivity index (χ2v) is 4.03. The van der Waals surface area contributed by atoms with Crippen LogP contribution in [0.2, 0.25) is 0 Å². The Bertz CT molecular complexity index is 416. The van der Waals surface area contributed by atoms with Gasteiger partial charge in [0.2, 0.25) is 0 Å². The number of aliphatic carboxylic acids is 1. The number of carboxylic acid groups (broad SMARTS) is 1. The molecule has 0 fully saturated rings. The summed E-state index contributed by atoms with van der Waals surface area (Å²) >= 11 is 0. The van der Waals surface area contributed by atoms with E-state index in [0.717, 1.165) is 5.82 Å². The van der Waals surface area contributed by atoms with Crippen molar-refractivity contribution in [2.24, 2.45) is 7.05 Å². The lowest BCUT2D eigenvalue weighted by atomic mass is 10.3. The summed E-state index contributed by atoms with van der Waals surface area (Å²) in [5.74, 6) is -0.0842. The van der Waals surface area contributed by atoms with Crippen LogP contribution in [0.5, 0.6) is 0 Å². The molecule has 1 aromatic heterocycles. The smallest absolute Gasteiger partial charge is 0.317 e. The number of hydrogen-bond acceptors (Lipinski definition) is 3. The molecule has 7 heteroatoms. The third kappa shape index (κ3) is 4.44. The summed E-state index contributed by atoms with van der Waals surface area (Å²) in [5, 5.41) is 11.2. The molecule has 0 aromatic carbocycles. The fraction of sp³-hybridized carbons (Fsp3) is 0.545. The molecule has 0 bridgehead atoms. The van der Waals surface area contributed by atoms with Crippen LogP contribution in [-0.2, 0) is 18.4 Å². The van der Waals surface area contributed by atoms with Gasteiger partial charge in [-0.2, -0.15) is 0 Å². The van der Waals surface area contributed by atoms with Gasteiger partial charge in [0.25, 0.3) is 0 Å². The summed E-state index contributed by atoms with van der Waals surface area (Å²) in [4.78, 5) is 27.5. The predicted molar refractivity (Wildman–Crippen MR) is 64.9 cm³/mol. The van der Waals surface area contributed by atoms with Crippen molar-refractivity contribution in [1.29, 1.82) is 0 Å². The zero-order chi connectivity index (χ0) is 13.5. The Morgan fingerprint density at radius 3 is 2.83 bits per heavy atom. The van der Waals surface area contributed by atoms with Crippen LogP contribution in [0, 0.1) is 0 Å². The molecule has 2 N–H and O–H groups in total. The average Bonchev–Trinajstić information content (AvgIpc) is 2.71. The fourth-order valence-corrected chi connectivity index (χ4v) is 1.43. The Labute approximate surface area is 105 Å². The zero-order valence-electron chi connectivity index (χ0n) is 10.6. The molecule has 1 rings (SSSR count). The highest BCUT2D eigenvalue weighted by Crippen LogP contribution is 1.96. The normalized spacial score (nSPS) is 10.1. The van der Waals surface area contributed by atoms with E-state index in [-0.39, 0.29) is 12.5 Å². The first kappa shape index (κ1) is 14.0. The summed E-state index contributed by atoms with van der Waals surface area (Å²) in [6.45, 7) is 0.768. The molecule has 100 valence electrons. The molecular formula is C11H18N4O3. The molecule has 1 heterocycles. The number of aryl methyl sites for hydroxylation is 1. The van der Waals surface area contributed by atoms with Gasteiger partial charge in [-0.05, 0) is 6.42 Å². The quantitative estimate of drug-likeness (QED) is 0.770. The average molecular weight is 254 g/mol. The van der Waals surface area contributed by atoms with Crippen LogP contribution in [0.25, 0.3) is 0 Å². The lowest BCUT2D eigenvalue weighted by Crippen LogP contribution is -2.38. The minimum atomic E-state index is -0.850. The molecule has 0 atom stereocenters. The predicted octanol–water partition coefficient (Wildman–Crippen LogP) is 0.426. The molecule has 0 radical (unpaired) electrons. The van der Waals surface area contributed by atoms with E-state index in [1.807, 2.05) is 11.6 Å². The fourth-order valence-electron chi connectivity index (χ4n) is 1.43. The summed E-state index contributed by atoms with van der Waals surface area (Å²) < 4.78 is 1.82. The van der Waals surface area contributed by atoms with Crippen molar-refractivity contribution in [1.82, 2.24) is 19.8 Å². The van der Waals surface area contributed by atoms with Crippen LogP contribution in [0.15, 0.2) is 12.4 Å². The molecule has 0 saturated carbocycles. The first-order valence-corrected chi connectivity index (χ1v) is 5.67. The van der Waals surface area contributed by atoms with E-state index in [9.17, 15) is 9.59 Å². The number of nitrogens with zero attached hydrogens (tertiary/aromatic N) is 3. The zero-order valence-corrected chi connectivity index (χ0v) is 10.6. The van der Waals surface area contributed by atoms with Gasteiger partial charge in [-0.25, -0.2) is 9.78 Å². The maximum absolute atomic E-state index is 11.7. The molecule has 0 saturated heterocycles. The number of carbonyl (C=O) groups excluding carboxylic acids is 1. The van der Waals surface area contributed by atoms with Crippen molar-refractivity contribution in [2.45, 2.75) is 19.4 Å². The van der Waals surface area contributed by atoms with Gasteiger partial charge in [0.15, 0.2) is 0 Å². The monoisotopic (exact) mass is 254 g/mol. The number of hydrogen-bond donors (Lipinski definition) is 2. The van der Waals surface area contributed by atoms with Crippen LogP contribution in [0.4, 0.5) is 4.79 Å². The third-order valence-electron chi connectivity index (χ3n) is 2.55. The van der Waals surface area contributed by atoms with Gasteiger partial charge < -0.3 is 19.9 Å². The van der Waals surface area contributed by atoms with Gasteiger partial charge in [-0.15, -0.1) is 0 Å². The Morgan fingerprint density at radius 1 is 1.56 bits per heavy atom. The van der Waals surface area contributed by atoms with Gasteiger partial charge in [-0.3, -0.25) is 4.79 Å². The highest BCUT2D eigenvalue weighted by Gasteiger charge is 2.09. The van der Waals surface area contributed by atoms with E-state index < -0.39 is 5.97 Å². The lowest BCUT2D eigenvalue weighted by Gasteiger charge is -2.17. The maximum Gasteiger partial charge on any atom is 0.317 e. The third-order valence-corrected chi connectivity index (χ3v) is 2.55. The molecule has 0 aliphatic rings. The SMILES string of the molecule is CN(CCCC(=O)O)C(=O)NCc1nccn1C. The lowest BCUT2D eigenvalue weighted by molar-refractivity contribution is -0.137. The Morgan fingerprint density at radius 2 is 2.28 bits per heavy atom. The highest BCUT2D eigenvalue weighted by molar-refractivity contribution is 5.73. The van der Waals surface area contributed by atoms with Crippen LogP contribution in [0.1, 0.15) is 18.7 Å². The minimum Gasteiger partial charge on any atom is -0.481 e. The van der Waals surface area contributed by atoms with Crippen molar-refractivity contribution >= 4 is 12.0 Å². The number of carboxylic acids is 1. The van der Waals surface area contributed by atoms with Crippen LogP contribution < -0.4 is 5.32 Å². The molecule has 0 unspecified atom stereocenters. The summed E-state index contributed by atoms with van der Waals surface area (Å²) in [7, 11) is 3.49. The second kappa shape index (κ2) is 6.63. The maximum atomic E-state index is 11.7. The summed E-state index contributed by atoms with van der Waals surface area (Å²) in [5.41, 5.74) is 0. The molecule has 0 aliphatic carbocycles. The van der Waals surface area contributed by atoms with Crippen molar-refractivity contribution in [3.8, 4) is 0 Å². The van der Waals surface area contributed by atoms with Crippen LogP contribution in [-0.4, -0.2) is 45.2 Å².